The van der Waals surface area contributed by atoms with Gasteiger partial charge in [0.1, 0.15) is 5.82 Å². The summed E-state index contributed by atoms with van der Waals surface area (Å²) in [4.78, 5) is 12.7. The first kappa shape index (κ1) is 18.7. The van der Waals surface area contributed by atoms with E-state index in [9.17, 15) is 0 Å². The maximum atomic E-state index is 4.66. The van der Waals surface area contributed by atoms with Crippen molar-refractivity contribution in [3.8, 4) is 0 Å². The second kappa shape index (κ2) is 9.03. The van der Waals surface area contributed by atoms with Gasteiger partial charge in [0, 0.05) is 37.8 Å². The minimum atomic E-state index is 0.716. The molecule has 140 valence electrons. The van der Waals surface area contributed by atoms with Gasteiger partial charge in [-0.1, -0.05) is 13.0 Å². The summed E-state index contributed by atoms with van der Waals surface area (Å²) in [6.45, 7) is 8.22. The molecule has 0 radical (unpaired) electrons. The molecule has 0 spiro atoms. The molecular formula is C20H29N5S. The average Bonchev–Trinajstić information content (AvgIpc) is 3.08. The highest BCUT2D eigenvalue weighted by Crippen LogP contribution is 2.21. The summed E-state index contributed by atoms with van der Waals surface area (Å²) >= 11 is 1.77. The van der Waals surface area contributed by atoms with Crippen molar-refractivity contribution in [3.63, 3.8) is 0 Å². The van der Waals surface area contributed by atoms with Crippen molar-refractivity contribution >= 4 is 23.1 Å². The minimum Gasteiger partial charge on any atom is -0.357 e. The number of nitrogens with one attached hydrogen (secondary N) is 2. The third kappa shape index (κ3) is 4.97. The first-order chi connectivity index (χ1) is 12.7. The van der Waals surface area contributed by atoms with Gasteiger partial charge in [0.2, 0.25) is 0 Å². The normalized spacial score (nSPS) is 16.0. The molecule has 6 heteroatoms. The smallest absolute Gasteiger partial charge is 0.191 e. The third-order valence-electron chi connectivity index (χ3n) is 4.98. The van der Waals surface area contributed by atoms with E-state index in [2.05, 4.69) is 62.9 Å². The molecule has 0 atom stereocenters. The zero-order chi connectivity index (χ0) is 18.4. The number of aromatic nitrogens is 1. The molecule has 0 saturated carbocycles. The molecule has 0 aliphatic carbocycles. The third-order valence-corrected chi connectivity index (χ3v) is 6.01. The number of hydrogen-bond acceptors (Lipinski definition) is 4. The number of thiophene rings is 1. The van der Waals surface area contributed by atoms with E-state index in [0.29, 0.717) is 6.54 Å². The Bertz CT molecular complexity index is 714. The van der Waals surface area contributed by atoms with Gasteiger partial charge < -0.3 is 15.5 Å². The van der Waals surface area contributed by atoms with E-state index in [1.165, 1.54) is 23.3 Å². The number of hydrogen-bond donors (Lipinski definition) is 2. The molecule has 0 aromatic carbocycles. The maximum Gasteiger partial charge on any atom is 0.191 e. The monoisotopic (exact) mass is 371 g/mol. The largest absolute Gasteiger partial charge is 0.357 e. The molecule has 1 fully saturated rings. The summed E-state index contributed by atoms with van der Waals surface area (Å²) in [5.41, 5.74) is 2.49. The Hall–Kier alpha value is -2.08. The number of guanidine groups is 1. The molecule has 1 saturated heterocycles. The van der Waals surface area contributed by atoms with Gasteiger partial charge in [-0.3, -0.25) is 4.99 Å². The zero-order valence-electron chi connectivity index (χ0n) is 16.0. The van der Waals surface area contributed by atoms with Crippen molar-refractivity contribution in [2.24, 2.45) is 10.9 Å². The van der Waals surface area contributed by atoms with E-state index < -0.39 is 0 Å². The van der Waals surface area contributed by atoms with Crippen LogP contribution in [0.3, 0.4) is 0 Å². The Morgan fingerprint density at radius 1 is 1.23 bits per heavy atom. The van der Waals surface area contributed by atoms with Gasteiger partial charge in [-0.2, -0.15) is 0 Å². The number of anilines is 1. The molecule has 26 heavy (non-hydrogen) atoms. The van der Waals surface area contributed by atoms with Crippen LogP contribution in [0.25, 0.3) is 0 Å². The summed E-state index contributed by atoms with van der Waals surface area (Å²) in [6, 6.07) is 6.44. The molecule has 2 aromatic rings. The SMILES string of the molecule is CN=C(NCc1ccc(N2CCC(C)CC2)nc1)NCc1sccc1C. The predicted octanol–water partition coefficient (Wildman–Crippen LogP) is 3.55. The number of rotatable bonds is 5. The topological polar surface area (TPSA) is 52.6 Å². The van der Waals surface area contributed by atoms with E-state index in [0.717, 1.165) is 42.9 Å². The second-order valence-corrected chi connectivity index (χ2v) is 8.00. The van der Waals surface area contributed by atoms with Crippen molar-refractivity contribution in [2.45, 2.75) is 39.8 Å². The first-order valence-corrected chi connectivity index (χ1v) is 10.2. The maximum absolute atomic E-state index is 4.66. The van der Waals surface area contributed by atoms with E-state index >= 15 is 0 Å². The van der Waals surface area contributed by atoms with Crippen LogP contribution in [0.15, 0.2) is 34.8 Å². The molecule has 3 heterocycles. The lowest BCUT2D eigenvalue weighted by atomic mass is 9.99. The van der Waals surface area contributed by atoms with Crippen LogP contribution in [0.4, 0.5) is 5.82 Å². The highest BCUT2D eigenvalue weighted by atomic mass is 32.1. The van der Waals surface area contributed by atoms with Crippen LogP contribution >= 0.6 is 11.3 Å². The molecule has 3 rings (SSSR count). The Kier molecular flexibility index (Phi) is 6.50. The lowest BCUT2D eigenvalue weighted by molar-refractivity contribution is 0.436. The first-order valence-electron chi connectivity index (χ1n) is 9.33. The van der Waals surface area contributed by atoms with Crippen molar-refractivity contribution in [1.82, 2.24) is 15.6 Å². The minimum absolute atomic E-state index is 0.716. The molecule has 0 bridgehead atoms. The van der Waals surface area contributed by atoms with Crippen molar-refractivity contribution in [3.05, 3.63) is 45.8 Å². The van der Waals surface area contributed by atoms with Gasteiger partial charge in [-0.25, -0.2) is 4.98 Å². The molecule has 1 aliphatic rings. The van der Waals surface area contributed by atoms with Gasteiger partial charge >= 0.3 is 0 Å². The summed E-state index contributed by atoms with van der Waals surface area (Å²) in [5, 5.41) is 8.86. The van der Waals surface area contributed by atoms with Crippen molar-refractivity contribution in [1.29, 1.82) is 0 Å². The van der Waals surface area contributed by atoms with Gasteiger partial charge in [0.25, 0.3) is 0 Å². The lowest BCUT2D eigenvalue weighted by Gasteiger charge is -2.31. The van der Waals surface area contributed by atoms with E-state index in [1.807, 2.05) is 6.20 Å². The fourth-order valence-electron chi connectivity index (χ4n) is 3.10. The number of piperidine rings is 1. The van der Waals surface area contributed by atoms with Crippen LogP contribution in [0.1, 0.15) is 35.8 Å². The molecule has 1 aliphatic heterocycles. The van der Waals surface area contributed by atoms with Crippen LogP contribution in [0, 0.1) is 12.8 Å². The molecular weight excluding hydrogens is 342 g/mol. The highest BCUT2D eigenvalue weighted by molar-refractivity contribution is 7.10. The Morgan fingerprint density at radius 2 is 2.00 bits per heavy atom. The van der Waals surface area contributed by atoms with Gasteiger partial charge in [0.05, 0.1) is 6.54 Å². The summed E-state index contributed by atoms with van der Waals surface area (Å²) < 4.78 is 0. The van der Waals surface area contributed by atoms with E-state index in [1.54, 1.807) is 18.4 Å². The number of pyridine rings is 1. The zero-order valence-corrected chi connectivity index (χ0v) is 16.8. The number of nitrogens with zero attached hydrogens (tertiary/aromatic N) is 3. The van der Waals surface area contributed by atoms with Crippen LogP contribution in [-0.4, -0.2) is 31.1 Å². The second-order valence-electron chi connectivity index (χ2n) is 7.00. The van der Waals surface area contributed by atoms with E-state index in [-0.39, 0.29) is 0 Å². The highest BCUT2D eigenvalue weighted by Gasteiger charge is 2.16. The molecule has 0 unspecified atom stereocenters. The summed E-state index contributed by atoms with van der Waals surface area (Å²) in [5.74, 6) is 2.75. The fourth-order valence-corrected chi connectivity index (χ4v) is 3.95. The number of aryl methyl sites for hydroxylation is 1. The van der Waals surface area contributed by atoms with Gasteiger partial charge in [-0.15, -0.1) is 11.3 Å². The molecule has 0 amide bonds. The van der Waals surface area contributed by atoms with Gasteiger partial charge in [0.15, 0.2) is 5.96 Å². The van der Waals surface area contributed by atoms with Crippen LogP contribution in [-0.2, 0) is 13.1 Å². The van der Waals surface area contributed by atoms with Crippen molar-refractivity contribution < 1.29 is 0 Å². The Morgan fingerprint density at radius 3 is 2.62 bits per heavy atom. The number of aliphatic imine (C=N–C) groups is 1. The fraction of sp³-hybridized carbons (Fsp3) is 0.500. The Labute approximate surface area is 160 Å². The summed E-state index contributed by atoms with van der Waals surface area (Å²) in [6.07, 6.45) is 4.49. The van der Waals surface area contributed by atoms with Crippen LogP contribution < -0.4 is 15.5 Å². The van der Waals surface area contributed by atoms with Gasteiger partial charge in [-0.05, 0) is 54.3 Å². The summed E-state index contributed by atoms with van der Waals surface area (Å²) in [7, 11) is 1.80. The standard InChI is InChI=1S/C20H29N5S/c1-15-6-9-25(10-7-15)19-5-4-17(12-22-19)13-23-20(21-3)24-14-18-16(2)8-11-26-18/h4-5,8,11-12,15H,6-7,9-10,13-14H2,1-3H3,(H2,21,23,24). The Balaban J connectivity index is 1.48. The van der Waals surface area contributed by atoms with Crippen LogP contribution in [0.5, 0.6) is 0 Å². The van der Waals surface area contributed by atoms with E-state index in [4.69, 9.17) is 0 Å². The average molecular weight is 372 g/mol. The van der Waals surface area contributed by atoms with Crippen molar-refractivity contribution in [2.75, 3.05) is 25.0 Å². The molecule has 5 nitrogen and oxygen atoms in total. The quantitative estimate of drug-likeness (QED) is 0.623. The predicted molar refractivity (Wildman–Crippen MR) is 111 cm³/mol. The lowest BCUT2D eigenvalue weighted by Crippen LogP contribution is -2.36. The van der Waals surface area contributed by atoms with Crippen LogP contribution in [0.2, 0.25) is 0 Å². The molecule has 2 N–H and O–H groups in total. The molecule has 2 aromatic heterocycles.